The lowest BCUT2D eigenvalue weighted by molar-refractivity contribution is 0.0698. The average Bonchev–Trinajstić information content (AvgIpc) is 3.09. The quantitative estimate of drug-likeness (QED) is 0.729. The van der Waals surface area contributed by atoms with Crippen LogP contribution in [0, 0.1) is 5.92 Å². The number of thioether (sulfide) groups is 1. The standard InChI is InChI=1S/C18H20BrNO2S/c19-17-6-2-1-5-16(17)18(21)20-9-7-14(8-10-20)12-23-13-15-4-3-11-22-15/h1-6,11,14H,7-10,12-13H2. The van der Waals surface area contributed by atoms with E-state index in [2.05, 4.69) is 15.9 Å². The molecule has 0 radical (unpaired) electrons. The zero-order chi connectivity index (χ0) is 16.1. The molecule has 0 bridgehead atoms. The van der Waals surface area contributed by atoms with E-state index in [9.17, 15) is 4.79 Å². The number of carbonyl (C=O) groups is 1. The van der Waals surface area contributed by atoms with Crippen LogP contribution in [0.2, 0.25) is 0 Å². The number of amides is 1. The molecule has 0 atom stereocenters. The summed E-state index contributed by atoms with van der Waals surface area (Å²) >= 11 is 5.39. The van der Waals surface area contributed by atoms with Crippen LogP contribution in [-0.4, -0.2) is 29.6 Å². The molecule has 1 amide bonds. The summed E-state index contributed by atoms with van der Waals surface area (Å²) < 4.78 is 6.23. The first-order valence-electron chi connectivity index (χ1n) is 7.88. The van der Waals surface area contributed by atoms with Crippen molar-refractivity contribution < 1.29 is 9.21 Å². The van der Waals surface area contributed by atoms with Crippen LogP contribution in [-0.2, 0) is 5.75 Å². The van der Waals surface area contributed by atoms with Gasteiger partial charge >= 0.3 is 0 Å². The Bertz CT molecular complexity index is 636. The van der Waals surface area contributed by atoms with Gasteiger partial charge < -0.3 is 9.32 Å². The topological polar surface area (TPSA) is 33.5 Å². The number of halogens is 1. The maximum Gasteiger partial charge on any atom is 0.254 e. The van der Waals surface area contributed by atoms with E-state index >= 15 is 0 Å². The number of hydrogen-bond donors (Lipinski definition) is 0. The van der Waals surface area contributed by atoms with Gasteiger partial charge in [0.1, 0.15) is 5.76 Å². The minimum Gasteiger partial charge on any atom is -0.468 e. The van der Waals surface area contributed by atoms with Crippen molar-refractivity contribution in [3.05, 3.63) is 58.5 Å². The highest BCUT2D eigenvalue weighted by Crippen LogP contribution is 2.26. The SMILES string of the molecule is O=C(c1ccccc1Br)N1CCC(CSCc2ccco2)CC1. The van der Waals surface area contributed by atoms with Gasteiger partial charge in [-0.2, -0.15) is 11.8 Å². The number of benzene rings is 1. The Kier molecular flexibility index (Phi) is 5.84. The molecule has 3 rings (SSSR count). The van der Waals surface area contributed by atoms with Crippen LogP contribution in [0.4, 0.5) is 0 Å². The molecular weight excluding hydrogens is 374 g/mol. The third-order valence-electron chi connectivity index (χ3n) is 4.18. The summed E-state index contributed by atoms with van der Waals surface area (Å²) in [6, 6.07) is 11.6. The molecule has 0 aliphatic carbocycles. The van der Waals surface area contributed by atoms with Gasteiger partial charge in [0.2, 0.25) is 0 Å². The van der Waals surface area contributed by atoms with Crippen molar-refractivity contribution in [2.24, 2.45) is 5.92 Å². The summed E-state index contributed by atoms with van der Waals surface area (Å²) in [7, 11) is 0. The first kappa shape index (κ1) is 16.7. The Labute approximate surface area is 149 Å². The molecule has 5 heteroatoms. The minimum atomic E-state index is 0.138. The molecule has 0 spiro atoms. The second-order valence-corrected chi connectivity index (χ2v) is 7.69. The lowest BCUT2D eigenvalue weighted by atomic mass is 9.98. The number of likely N-dealkylation sites (tertiary alicyclic amines) is 1. The lowest BCUT2D eigenvalue weighted by Crippen LogP contribution is -2.39. The highest BCUT2D eigenvalue weighted by atomic mass is 79.9. The van der Waals surface area contributed by atoms with Gasteiger partial charge in [-0.1, -0.05) is 12.1 Å². The Morgan fingerprint density at radius 2 is 2.00 bits per heavy atom. The largest absolute Gasteiger partial charge is 0.468 e. The predicted octanol–water partition coefficient (Wildman–Crippen LogP) is 4.83. The molecule has 1 aliphatic rings. The molecule has 1 aromatic heterocycles. The van der Waals surface area contributed by atoms with Gasteiger partial charge in [0, 0.05) is 17.6 Å². The highest BCUT2D eigenvalue weighted by Gasteiger charge is 2.24. The van der Waals surface area contributed by atoms with E-state index in [-0.39, 0.29) is 5.91 Å². The summed E-state index contributed by atoms with van der Waals surface area (Å²) in [5.74, 6) is 3.94. The molecule has 1 aliphatic heterocycles. The predicted molar refractivity (Wildman–Crippen MR) is 97.6 cm³/mol. The first-order valence-corrected chi connectivity index (χ1v) is 9.83. The molecule has 2 heterocycles. The number of carbonyl (C=O) groups excluding carboxylic acids is 1. The second-order valence-electron chi connectivity index (χ2n) is 5.81. The third kappa shape index (κ3) is 4.42. The number of hydrogen-bond acceptors (Lipinski definition) is 3. The van der Waals surface area contributed by atoms with Crippen molar-refractivity contribution in [3.63, 3.8) is 0 Å². The Hall–Kier alpha value is -1.20. The summed E-state index contributed by atoms with van der Waals surface area (Å²) in [5.41, 5.74) is 0.762. The van der Waals surface area contributed by atoms with Crippen LogP contribution in [0.25, 0.3) is 0 Å². The average molecular weight is 394 g/mol. The van der Waals surface area contributed by atoms with Crippen molar-refractivity contribution in [2.45, 2.75) is 18.6 Å². The summed E-state index contributed by atoms with van der Waals surface area (Å²) in [6.07, 6.45) is 3.89. The molecule has 0 unspecified atom stereocenters. The van der Waals surface area contributed by atoms with Crippen molar-refractivity contribution >= 4 is 33.6 Å². The molecule has 0 saturated carbocycles. The number of furan rings is 1. The van der Waals surface area contributed by atoms with Gasteiger partial charge in [0.15, 0.2) is 0 Å². The number of nitrogens with zero attached hydrogens (tertiary/aromatic N) is 1. The van der Waals surface area contributed by atoms with Crippen LogP contribution < -0.4 is 0 Å². The lowest BCUT2D eigenvalue weighted by Gasteiger charge is -2.32. The van der Waals surface area contributed by atoms with Crippen molar-refractivity contribution in [1.82, 2.24) is 4.90 Å². The number of piperidine rings is 1. The van der Waals surface area contributed by atoms with Crippen LogP contribution in [0.5, 0.6) is 0 Å². The zero-order valence-corrected chi connectivity index (χ0v) is 15.3. The van der Waals surface area contributed by atoms with Gasteiger partial charge in [-0.3, -0.25) is 4.79 Å². The molecule has 2 aromatic rings. The molecule has 0 N–H and O–H groups in total. The molecule has 23 heavy (non-hydrogen) atoms. The van der Waals surface area contributed by atoms with Crippen LogP contribution in [0.3, 0.4) is 0 Å². The van der Waals surface area contributed by atoms with E-state index in [0.29, 0.717) is 5.92 Å². The molecule has 122 valence electrons. The summed E-state index contributed by atoms with van der Waals surface area (Å²) in [6.45, 7) is 1.71. The molecule has 1 aromatic carbocycles. The Balaban J connectivity index is 1.45. The van der Waals surface area contributed by atoms with E-state index in [1.54, 1.807) is 6.26 Å². The second kappa shape index (κ2) is 8.06. The van der Waals surface area contributed by atoms with Crippen molar-refractivity contribution in [3.8, 4) is 0 Å². The molecule has 1 saturated heterocycles. The summed E-state index contributed by atoms with van der Waals surface area (Å²) in [5, 5.41) is 0. The zero-order valence-electron chi connectivity index (χ0n) is 12.9. The van der Waals surface area contributed by atoms with Gasteiger partial charge in [-0.15, -0.1) is 0 Å². The van der Waals surface area contributed by atoms with Gasteiger partial charge in [0.05, 0.1) is 17.6 Å². The van der Waals surface area contributed by atoms with Crippen LogP contribution in [0.15, 0.2) is 51.6 Å². The first-order chi connectivity index (χ1) is 11.2. The maximum atomic E-state index is 12.6. The van der Waals surface area contributed by atoms with Crippen LogP contribution >= 0.6 is 27.7 Å². The Morgan fingerprint density at radius 3 is 2.70 bits per heavy atom. The monoisotopic (exact) mass is 393 g/mol. The van der Waals surface area contributed by atoms with Crippen molar-refractivity contribution in [1.29, 1.82) is 0 Å². The highest BCUT2D eigenvalue weighted by molar-refractivity contribution is 9.10. The van der Waals surface area contributed by atoms with Gasteiger partial charge in [-0.05, 0) is 64.7 Å². The van der Waals surface area contributed by atoms with E-state index in [0.717, 1.165) is 53.2 Å². The van der Waals surface area contributed by atoms with E-state index in [1.165, 1.54) is 0 Å². The fourth-order valence-corrected chi connectivity index (χ4v) is 4.43. The Morgan fingerprint density at radius 1 is 1.22 bits per heavy atom. The smallest absolute Gasteiger partial charge is 0.254 e. The minimum absolute atomic E-state index is 0.138. The fourth-order valence-electron chi connectivity index (χ4n) is 2.83. The maximum absolute atomic E-state index is 12.6. The fraction of sp³-hybridized carbons (Fsp3) is 0.389. The normalized spacial score (nSPS) is 15.8. The summed E-state index contributed by atoms with van der Waals surface area (Å²) in [4.78, 5) is 14.6. The van der Waals surface area contributed by atoms with Gasteiger partial charge in [-0.25, -0.2) is 0 Å². The van der Waals surface area contributed by atoms with E-state index < -0.39 is 0 Å². The molecule has 3 nitrogen and oxygen atoms in total. The third-order valence-corrected chi connectivity index (χ3v) is 6.07. The molecule has 1 fully saturated rings. The molecular formula is C18H20BrNO2S. The van der Waals surface area contributed by atoms with Crippen molar-refractivity contribution in [2.75, 3.05) is 18.8 Å². The van der Waals surface area contributed by atoms with E-state index in [4.69, 9.17) is 4.42 Å². The number of rotatable bonds is 5. The van der Waals surface area contributed by atoms with Crippen LogP contribution in [0.1, 0.15) is 29.0 Å². The van der Waals surface area contributed by atoms with E-state index in [1.807, 2.05) is 53.1 Å². The van der Waals surface area contributed by atoms with Gasteiger partial charge in [0.25, 0.3) is 5.91 Å².